The third kappa shape index (κ3) is 2.75. The standard InChI is InChI=1S/C20H19N3O2S/c24-16-12-18(20-22-15-3-1-2-4-19(15)26-20)25-17-6-5-13(11-14(16)17)23-9-7-21-8-10-23/h1-6,11,18,21H,7-10,12H2. The van der Waals surface area contributed by atoms with Gasteiger partial charge in [-0.3, -0.25) is 4.79 Å². The van der Waals surface area contributed by atoms with Crippen LogP contribution in [0.2, 0.25) is 0 Å². The lowest BCUT2D eigenvalue weighted by molar-refractivity contribution is 0.0850. The SMILES string of the molecule is O=C1CC(c2nc3ccccc3s2)Oc2ccc(N3CCNCC3)cc21. The summed E-state index contributed by atoms with van der Waals surface area (Å²) < 4.78 is 7.28. The van der Waals surface area contributed by atoms with Gasteiger partial charge in [-0.2, -0.15) is 0 Å². The van der Waals surface area contributed by atoms with Crippen molar-refractivity contribution in [2.45, 2.75) is 12.5 Å². The average Bonchev–Trinajstić information content (AvgIpc) is 3.13. The summed E-state index contributed by atoms with van der Waals surface area (Å²) in [5.41, 5.74) is 2.75. The van der Waals surface area contributed by atoms with Crippen molar-refractivity contribution in [1.29, 1.82) is 0 Å². The average molecular weight is 365 g/mol. The summed E-state index contributed by atoms with van der Waals surface area (Å²) in [7, 11) is 0. The molecule has 0 amide bonds. The highest BCUT2D eigenvalue weighted by atomic mass is 32.1. The Bertz CT molecular complexity index is 945. The van der Waals surface area contributed by atoms with E-state index in [0.29, 0.717) is 17.7 Å². The first-order valence-electron chi connectivity index (χ1n) is 8.93. The molecule has 1 aromatic heterocycles. The molecule has 1 fully saturated rings. The number of carbonyl (C=O) groups is 1. The molecular weight excluding hydrogens is 346 g/mol. The number of nitrogens with one attached hydrogen (secondary N) is 1. The lowest BCUT2D eigenvalue weighted by Gasteiger charge is -2.31. The number of Topliss-reactive ketones (excluding diaryl/α,β-unsaturated/α-hetero) is 1. The Balaban J connectivity index is 1.44. The highest BCUT2D eigenvalue weighted by Gasteiger charge is 2.30. The summed E-state index contributed by atoms with van der Waals surface area (Å²) in [4.78, 5) is 19.8. The fraction of sp³-hybridized carbons (Fsp3) is 0.300. The van der Waals surface area contributed by atoms with E-state index in [0.717, 1.165) is 47.1 Å². The molecule has 6 heteroatoms. The highest BCUT2D eigenvalue weighted by molar-refractivity contribution is 7.18. The van der Waals surface area contributed by atoms with E-state index in [4.69, 9.17) is 4.74 Å². The maximum absolute atomic E-state index is 12.8. The van der Waals surface area contributed by atoms with Gasteiger partial charge < -0.3 is 15.0 Å². The predicted molar refractivity (Wildman–Crippen MR) is 103 cm³/mol. The fourth-order valence-electron chi connectivity index (χ4n) is 3.60. The summed E-state index contributed by atoms with van der Waals surface area (Å²) in [5, 5.41) is 4.22. The Morgan fingerprint density at radius 2 is 2.00 bits per heavy atom. The first kappa shape index (κ1) is 15.8. The Kier molecular flexibility index (Phi) is 3.87. The summed E-state index contributed by atoms with van der Waals surface area (Å²) in [6.45, 7) is 3.87. The smallest absolute Gasteiger partial charge is 0.170 e. The predicted octanol–water partition coefficient (Wildman–Crippen LogP) is 3.41. The first-order valence-corrected chi connectivity index (χ1v) is 9.74. The zero-order valence-corrected chi connectivity index (χ0v) is 15.1. The van der Waals surface area contributed by atoms with Gasteiger partial charge in [-0.25, -0.2) is 4.98 Å². The zero-order valence-electron chi connectivity index (χ0n) is 14.3. The molecule has 1 N–H and O–H groups in total. The molecule has 5 rings (SSSR count). The Morgan fingerprint density at radius 3 is 2.85 bits per heavy atom. The second kappa shape index (κ2) is 6.37. The number of benzene rings is 2. The zero-order chi connectivity index (χ0) is 17.5. The van der Waals surface area contributed by atoms with Gasteiger partial charge in [-0.05, 0) is 30.3 Å². The second-order valence-corrected chi connectivity index (χ2v) is 7.73. The number of rotatable bonds is 2. The number of carbonyl (C=O) groups excluding carboxylic acids is 1. The third-order valence-corrected chi connectivity index (χ3v) is 6.10. The molecule has 1 saturated heterocycles. The van der Waals surface area contributed by atoms with Crippen LogP contribution >= 0.6 is 11.3 Å². The van der Waals surface area contributed by atoms with Crippen LogP contribution in [0.1, 0.15) is 27.9 Å². The Hall–Kier alpha value is -2.44. The van der Waals surface area contributed by atoms with Crippen LogP contribution in [0.5, 0.6) is 5.75 Å². The molecule has 2 aromatic carbocycles. The minimum atomic E-state index is -0.294. The van der Waals surface area contributed by atoms with Gasteiger partial charge in [0.25, 0.3) is 0 Å². The van der Waals surface area contributed by atoms with Gasteiger partial charge in [0.15, 0.2) is 11.9 Å². The topological polar surface area (TPSA) is 54.5 Å². The van der Waals surface area contributed by atoms with Gasteiger partial charge in [-0.15, -0.1) is 11.3 Å². The van der Waals surface area contributed by atoms with Crippen molar-refractivity contribution in [3.05, 3.63) is 53.0 Å². The van der Waals surface area contributed by atoms with Gasteiger partial charge in [0.05, 0.1) is 22.2 Å². The van der Waals surface area contributed by atoms with E-state index in [1.54, 1.807) is 11.3 Å². The van der Waals surface area contributed by atoms with Crippen molar-refractivity contribution in [2.75, 3.05) is 31.1 Å². The van der Waals surface area contributed by atoms with E-state index in [9.17, 15) is 4.79 Å². The number of piperazine rings is 1. The molecule has 132 valence electrons. The van der Waals surface area contributed by atoms with Crippen molar-refractivity contribution >= 4 is 33.0 Å². The number of hydrogen-bond acceptors (Lipinski definition) is 6. The van der Waals surface area contributed by atoms with Crippen LogP contribution in [0.3, 0.4) is 0 Å². The lowest BCUT2D eigenvalue weighted by Crippen LogP contribution is -2.43. The number of thiazole rings is 1. The van der Waals surface area contributed by atoms with Crippen LogP contribution < -0.4 is 15.0 Å². The van der Waals surface area contributed by atoms with Crippen LogP contribution in [0, 0.1) is 0 Å². The molecule has 2 aliphatic heterocycles. The number of fused-ring (bicyclic) bond motifs is 2. The van der Waals surface area contributed by atoms with Crippen LogP contribution in [-0.4, -0.2) is 36.9 Å². The van der Waals surface area contributed by atoms with Gasteiger partial charge in [0, 0.05) is 31.9 Å². The van der Waals surface area contributed by atoms with Gasteiger partial charge >= 0.3 is 0 Å². The number of nitrogens with zero attached hydrogens (tertiary/aromatic N) is 2. The number of ether oxygens (including phenoxy) is 1. The van der Waals surface area contributed by atoms with Crippen molar-refractivity contribution in [3.63, 3.8) is 0 Å². The quantitative estimate of drug-likeness (QED) is 0.754. The summed E-state index contributed by atoms with van der Waals surface area (Å²) in [6.07, 6.45) is 0.0510. The van der Waals surface area contributed by atoms with E-state index < -0.39 is 0 Å². The van der Waals surface area contributed by atoms with Crippen LogP contribution in [0.15, 0.2) is 42.5 Å². The molecule has 1 atom stereocenters. The minimum Gasteiger partial charge on any atom is -0.482 e. The third-order valence-electron chi connectivity index (χ3n) is 4.97. The summed E-state index contributed by atoms with van der Waals surface area (Å²) in [5.74, 6) is 0.803. The molecule has 3 aromatic rings. The van der Waals surface area contributed by atoms with Gasteiger partial charge in [0.2, 0.25) is 0 Å². The molecule has 0 aliphatic carbocycles. The minimum absolute atomic E-state index is 0.132. The van der Waals surface area contributed by atoms with E-state index in [-0.39, 0.29) is 11.9 Å². The largest absolute Gasteiger partial charge is 0.482 e. The molecule has 0 radical (unpaired) electrons. The number of anilines is 1. The van der Waals surface area contributed by atoms with Crippen molar-refractivity contribution in [2.24, 2.45) is 0 Å². The normalized spacial score (nSPS) is 20.1. The van der Waals surface area contributed by atoms with Crippen LogP contribution in [0.4, 0.5) is 5.69 Å². The monoisotopic (exact) mass is 365 g/mol. The molecule has 0 bridgehead atoms. The molecular formula is C20H19N3O2S. The fourth-order valence-corrected chi connectivity index (χ4v) is 4.59. The summed E-state index contributed by atoms with van der Waals surface area (Å²) in [6, 6.07) is 14.0. The highest BCUT2D eigenvalue weighted by Crippen LogP contribution is 2.39. The van der Waals surface area contributed by atoms with Crippen LogP contribution in [0.25, 0.3) is 10.2 Å². The molecule has 5 nitrogen and oxygen atoms in total. The van der Waals surface area contributed by atoms with Crippen molar-refractivity contribution in [1.82, 2.24) is 10.3 Å². The Morgan fingerprint density at radius 1 is 1.15 bits per heavy atom. The van der Waals surface area contributed by atoms with Crippen molar-refractivity contribution in [3.8, 4) is 5.75 Å². The first-order chi connectivity index (χ1) is 12.8. The van der Waals surface area contributed by atoms with E-state index >= 15 is 0 Å². The van der Waals surface area contributed by atoms with Gasteiger partial charge in [-0.1, -0.05) is 12.1 Å². The number of aromatic nitrogens is 1. The molecule has 0 spiro atoms. The maximum atomic E-state index is 12.8. The molecule has 2 aliphatic rings. The second-order valence-electron chi connectivity index (χ2n) is 6.67. The lowest BCUT2D eigenvalue weighted by atomic mass is 10.00. The van der Waals surface area contributed by atoms with E-state index in [2.05, 4.69) is 27.3 Å². The Labute approximate surface area is 155 Å². The van der Waals surface area contributed by atoms with E-state index in [1.807, 2.05) is 30.3 Å². The summed E-state index contributed by atoms with van der Waals surface area (Å²) >= 11 is 1.60. The van der Waals surface area contributed by atoms with Gasteiger partial charge in [0.1, 0.15) is 10.8 Å². The maximum Gasteiger partial charge on any atom is 0.170 e. The number of hydrogen-bond donors (Lipinski definition) is 1. The molecule has 0 saturated carbocycles. The van der Waals surface area contributed by atoms with Crippen LogP contribution in [-0.2, 0) is 0 Å². The molecule has 3 heterocycles. The number of ketones is 1. The van der Waals surface area contributed by atoms with E-state index in [1.165, 1.54) is 0 Å². The molecule has 1 unspecified atom stereocenters. The number of para-hydroxylation sites is 1. The van der Waals surface area contributed by atoms with Crippen molar-refractivity contribution < 1.29 is 9.53 Å². The molecule has 26 heavy (non-hydrogen) atoms.